The molecule has 0 saturated carbocycles. The maximum absolute atomic E-state index is 9.10. The third kappa shape index (κ3) is 2.83. The van der Waals surface area contributed by atoms with E-state index in [1.54, 1.807) is 43.5 Å². The SMILES string of the molecule is COc1ccc(C#N)c(Nc2ccc(C#N)c(Cl)c2)c1. The Labute approximate surface area is 121 Å². The minimum Gasteiger partial charge on any atom is -0.497 e. The van der Waals surface area contributed by atoms with Crippen LogP contribution in [0.1, 0.15) is 11.1 Å². The lowest BCUT2D eigenvalue weighted by molar-refractivity contribution is 0.415. The number of anilines is 2. The van der Waals surface area contributed by atoms with Crippen LogP contribution in [0.15, 0.2) is 36.4 Å². The van der Waals surface area contributed by atoms with E-state index in [2.05, 4.69) is 11.4 Å². The number of benzene rings is 2. The number of hydrogen-bond donors (Lipinski definition) is 1. The van der Waals surface area contributed by atoms with Crippen molar-refractivity contribution >= 4 is 23.0 Å². The van der Waals surface area contributed by atoms with Crippen molar-refractivity contribution in [2.75, 3.05) is 12.4 Å². The van der Waals surface area contributed by atoms with E-state index in [4.69, 9.17) is 26.9 Å². The van der Waals surface area contributed by atoms with E-state index < -0.39 is 0 Å². The summed E-state index contributed by atoms with van der Waals surface area (Å²) in [6, 6.07) is 14.2. The van der Waals surface area contributed by atoms with Gasteiger partial charge in [-0.1, -0.05) is 11.6 Å². The molecule has 0 saturated heterocycles. The third-order valence-electron chi connectivity index (χ3n) is 2.72. The summed E-state index contributed by atoms with van der Waals surface area (Å²) in [7, 11) is 1.56. The van der Waals surface area contributed by atoms with Crippen LogP contribution >= 0.6 is 11.6 Å². The van der Waals surface area contributed by atoms with E-state index in [0.717, 1.165) is 0 Å². The van der Waals surface area contributed by atoms with Gasteiger partial charge in [0.2, 0.25) is 0 Å². The molecule has 0 atom stereocenters. The van der Waals surface area contributed by atoms with Gasteiger partial charge in [0.15, 0.2) is 0 Å². The smallest absolute Gasteiger partial charge is 0.121 e. The number of halogens is 1. The normalized spacial score (nSPS) is 9.40. The largest absolute Gasteiger partial charge is 0.497 e. The van der Waals surface area contributed by atoms with Crippen LogP contribution in [0.4, 0.5) is 11.4 Å². The Morgan fingerprint density at radius 3 is 2.35 bits per heavy atom. The van der Waals surface area contributed by atoms with E-state index in [0.29, 0.717) is 33.3 Å². The molecule has 20 heavy (non-hydrogen) atoms. The molecular formula is C15H10ClN3O. The van der Waals surface area contributed by atoms with Gasteiger partial charge in [-0.3, -0.25) is 0 Å². The molecule has 0 aliphatic heterocycles. The molecule has 0 aliphatic rings. The van der Waals surface area contributed by atoms with Gasteiger partial charge in [0, 0.05) is 11.8 Å². The molecule has 2 aromatic carbocycles. The zero-order valence-corrected chi connectivity index (χ0v) is 11.4. The zero-order valence-electron chi connectivity index (χ0n) is 10.6. The van der Waals surface area contributed by atoms with Gasteiger partial charge >= 0.3 is 0 Å². The van der Waals surface area contributed by atoms with Gasteiger partial charge in [-0.2, -0.15) is 10.5 Å². The Morgan fingerprint density at radius 1 is 1.05 bits per heavy atom. The van der Waals surface area contributed by atoms with Crippen LogP contribution in [-0.4, -0.2) is 7.11 Å². The first-order chi connectivity index (χ1) is 9.67. The van der Waals surface area contributed by atoms with Gasteiger partial charge < -0.3 is 10.1 Å². The van der Waals surface area contributed by atoms with Crippen LogP contribution in [0.5, 0.6) is 5.75 Å². The molecule has 0 amide bonds. The van der Waals surface area contributed by atoms with Crippen LogP contribution in [-0.2, 0) is 0 Å². The molecule has 1 N–H and O–H groups in total. The number of nitrogens with one attached hydrogen (secondary N) is 1. The first-order valence-electron chi connectivity index (χ1n) is 5.72. The van der Waals surface area contributed by atoms with Gasteiger partial charge in [-0.05, 0) is 30.3 Å². The Hall–Kier alpha value is -2.69. The van der Waals surface area contributed by atoms with Gasteiger partial charge in [-0.15, -0.1) is 0 Å². The second kappa shape index (κ2) is 5.97. The molecule has 4 nitrogen and oxygen atoms in total. The average molecular weight is 284 g/mol. The van der Waals surface area contributed by atoms with Crippen molar-refractivity contribution in [1.82, 2.24) is 0 Å². The fourth-order valence-corrected chi connectivity index (χ4v) is 1.91. The minimum absolute atomic E-state index is 0.360. The number of nitrogens with zero attached hydrogens (tertiary/aromatic N) is 2. The predicted octanol–water partition coefficient (Wildman–Crippen LogP) is 3.84. The summed E-state index contributed by atoms with van der Waals surface area (Å²) in [6.07, 6.45) is 0. The quantitative estimate of drug-likeness (QED) is 0.929. The molecule has 2 aromatic rings. The van der Waals surface area contributed by atoms with Gasteiger partial charge in [0.05, 0.1) is 28.9 Å². The summed E-state index contributed by atoms with van der Waals surface area (Å²) in [4.78, 5) is 0. The summed E-state index contributed by atoms with van der Waals surface area (Å²) < 4.78 is 5.13. The van der Waals surface area contributed by atoms with E-state index in [1.807, 2.05) is 6.07 Å². The summed E-state index contributed by atoms with van der Waals surface area (Å²) >= 11 is 5.98. The minimum atomic E-state index is 0.360. The van der Waals surface area contributed by atoms with Crippen molar-refractivity contribution in [3.05, 3.63) is 52.5 Å². The summed E-state index contributed by atoms with van der Waals surface area (Å²) in [5, 5.41) is 21.4. The second-order valence-corrected chi connectivity index (χ2v) is 4.36. The highest BCUT2D eigenvalue weighted by atomic mass is 35.5. The lowest BCUT2D eigenvalue weighted by atomic mass is 10.1. The predicted molar refractivity (Wildman–Crippen MR) is 77.2 cm³/mol. The van der Waals surface area contributed by atoms with Crippen molar-refractivity contribution in [1.29, 1.82) is 10.5 Å². The molecule has 0 aliphatic carbocycles. The Balaban J connectivity index is 2.37. The molecule has 0 heterocycles. The Morgan fingerprint density at radius 2 is 1.75 bits per heavy atom. The average Bonchev–Trinajstić information content (AvgIpc) is 2.47. The molecule has 0 spiro atoms. The maximum Gasteiger partial charge on any atom is 0.121 e. The summed E-state index contributed by atoms with van der Waals surface area (Å²) in [5.74, 6) is 0.645. The van der Waals surface area contributed by atoms with Crippen LogP contribution in [0.25, 0.3) is 0 Å². The van der Waals surface area contributed by atoms with Crippen molar-refractivity contribution in [2.45, 2.75) is 0 Å². The molecule has 2 rings (SSSR count). The number of methoxy groups -OCH3 is 1. The molecule has 0 unspecified atom stereocenters. The zero-order chi connectivity index (χ0) is 14.5. The maximum atomic E-state index is 9.10. The fraction of sp³-hybridized carbons (Fsp3) is 0.0667. The second-order valence-electron chi connectivity index (χ2n) is 3.95. The lowest BCUT2D eigenvalue weighted by Gasteiger charge is -2.10. The van der Waals surface area contributed by atoms with E-state index in [9.17, 15) is 0 Å². The highest BCUT2D eigenvalue weighted by Gasteiger charge is 2.06. The van der Waals surface area contributed by atoms with Crippen molar-refractivity contribution in [3.8, 4) is 17.9 Å². The lowest BCUT2D eigenvalue weighted by Crippen LogP contribution is -1.95. The molecule has 0 fully saturated rings. The van der Waals surface area contributed by atoms with Crippen molar-refractivity contribution in [2.24, 2.45) is 0 Å². The summed E-state index contributed by atoms with van der Waals surface area (Å²) in [6.45, 7) is 0. The van der Waals surface area contributed by atoms with Crippen molar-refractivity contribution in [3.63, 3.8) is 0 Å². The number of rotatable bonds is 3. The van der Waals surface area contributed by atoms with E-state index in [-0.39, 0.29) is 0 Å². The van der Waals surface area contributed by atoms with Gasteiger partial charge in [0.25, 0.3) is 0 Å². The monoisotopic (exact) mass is 283 g/mol. The van der Waals surface area contributed by atoms with Crippen LogP contribution in [0, 0.1) is 22.7 Å². The van der Waals surface area contributed by atoms with Crippen molar-refractivity contribution < 1.29 is 4.74 Å². The summed E-state index contributed by atoms with van der Waals surface area (Å²) in [5.41, 5.74) is 2.21. The highest BCUT2D eigenvalue weighted by molar-refractivity contribution is 6.32. The van der Waals surface area contributed by atoms with Gasteiger partial charge in [0.1, 0.15) is 17.9 Å². The Kier molecular flexibility index (Phi) is 4.10. The molecular weight excluding hydrogens is 274 g/mol. The number of hydrogen-bond acceptors (Lipinski definition) is 4. The molecule has 98 valence electrons. The number of nitriles is 2. The first-order valence-corrected chi connectivity index (χ1v) is 6.10. The van der Waals surface area contributed by atoms with Gasteiger partial charge in [-0.25, -0.2) is 0 Å². The fourth-order valence-electron chi connectivity index (χ4n) is 1.69. The third-order valence-corrected chi connectivity index (χ3v) is 3.03. The standard InChI is InChI=1S/C15H10ClN3O/c1-20-13-5-3-11(9-18)15(7-13)19-12-4-2-10(8-17)14(16)6-12/h2-7,19H,1H3. The topological polar surface area (TPSA) is 68.8 Å². The highest BCUT2D eigenvalue weighted by Crippen LogP contribution is 2.27. The van der Waals surface area contributed by atoms with Crippen LogP contribution in [0.2, 0.25) is 5.02 Å². The van der Waals surface area contributed by atoms with Crippen LogP contribution in [0.3, 0.4) is 0 Å². The van der Waals surface area contributed by atoms with E-state index in [1.165, 1.54) is 0 Å². The molecule has 0 aromatic heterocycles. The molecule has 5 heteroatoms. The molecule has 0 bridgehead atoms. The van der Waals surface area contributed by atoms with Crippen LogP contribution < -0.4 is 10.1 Å². The number of ether oxygens (including phenoxy) is 1. The first kappa shape index (κ1) is 13.7. The molecule has 0 radical (unpaired) electrons. The van der Waals surface area contributed by atoms with E-state index >= 15 is 0 Å². The Bertz CT molecular complexity index is 729.